The summed E-state index contributed by atoms with van der Waals surface area (Å²) in [6.07, 6.45) is 1.22. The lowest BCUT2D eigenvalue weighted by molar-refractivity contribution is -0.138. The molecule has 0 aliphatic carbocycles. The number of β-amino-alcohol motifs (C(OH)–C–C–N with tert-alkyl or cyclic N) is 1. The van der Waals surface area contributed by atoms with Crippen molar-refractivity contribution in [2.24, 2.45) is 0 Å². The summed E-state index contributed by atoms with van der Waals surface area (Å²) in [5.41, 5.74) is 2.46. The van der Waals surface area contributed by atoms with Crippen molar-refractivity contribution in [3.05, 3.63) is 59.6 Å². The predicted octanol–water partition coefficient (Wildman–Crippen LogP) is 1.35. The van der Waals surface area contributed by atoms with E-state index >= 15 is 0 Å². The third-order valence-electron chi connectivity index (χ3n) is 5.04. The van der Waals surface area contributed by atoms with Gasteiger partial charge >= 0.3 is 0 Å². The molecule has 0 radical (unpaired) electrons. The lowest BCUT2D eigenvalue weighted by Gasteiger charge is -2.23. The summed E-state index contributed by atoms with van der Waals surface area (Å²) in [7, 11) is 0. The lowest BCUT2D eigenvalue weighted by atomic mass is 10.1. The van der Waals surface area contributed by atoms with Gasteiger partial charge in [-0.15, -0.1) is 0 Å². The van der Waals surface area contributed by atoms with Gasteiger partial charge in [-0.2, -0.15) is 0 Å². The fourth-order valence-corrected chi connectivity index (χ4v) is 3.62. The molecule has 0 unspecified atom stereocenters. The average molecular weight is 394 g/mol. The van der Waals surface area contributed by atoms with Crippen molar-refractivity contribution in [2.75, 3.05) is 6.54 Å². The quantitative estimate of drug-likeness (QED) is 0.676. The number of amides is 2. The molecular weight excluding hydrogens is 372 g/mol. The number of carbonyl (C=O) groups excluding carboxylic acids is 2. The number of hydrogen-bond acceptors (Lipinski definition) is 6. The van der Waals surface area contributed by atoms with E-state index in [2.05, 4.69) is 15.5 Å². The number of hydrogen-bond donors (Lipinski definition) is 2. The van der Waals surface area contributed by atoms with Crippen molar-refractivity contribution in [3.8, 4) is 0 Å². The van der Waals surface area contributed by atoms with E-state index < -0.39 is 12.1 Å². The smallest absolute Gasteiger partial charge is 0.243 e. The normalized spacial score (nSPS) is 18.9. The van der Waals surface area contributed by atoms with Crippen LogP contribution in [0.4, 0.5) is 0 Å². The monoisotopic (exact) mass is 394 g/mol. The van der Waals surface area contributed by atoms with E-state index in [1.165, 1.54) is 4.90 Å². The molecule has 2 atom stereocenters. The molecule has 0 spiro atoms. The number of nitrogens with one attached hydrogen (secondary N) is 1. The summed E-state index contributed by atoms with van der Waals surface area (Å²) in [5.74, 6) is -0.116. The number of aliphatic hydroxyl groups is 1. The molecule has 150 valence electrons. The number of aromatic nitrogens is 2. The summed E-state index contributed by atoms with van der Waals surface area (Å²) in [4.78, 5) is 31.1. The minimum absolute atomic E-state index is 0.00762. The van der Waals surface area contributed by atoms with Gasteiger partial charge < -0.3 is 19.8 Å². The molecule has 8 heteroatoms. The molecule has 1 aliphatic rings. The number of likely N-dealkylation sites (tertiary alicyclic amines) is 1. The second kappa shape index (κ2) is 8.00. The Kier molecular flexibility index (Phi) is 5.26. The van der Waals surface area contributed by atoms with Gasteiger partial charge in [0.15, 0.2) is 0 Å². The number of aliphatic hydroxyl groups excluding tert-OH is 1. The van der Waals surface area contributed by atoms with E-state index in [1.54, 1.807) is 19.2 Å². The van der Waals surface area contributed by atoms with E-state index in [9.17, 15) is 14.7 Å². The molecule has 2 aromatic heterocycles. The van der Waals surface area contributed by atoms with Crippen LogP contribution in [0.1, 0.15) is 23.4 Å². The van der Waals surface area contributed by atoms with Crippen LogP contribution >= 0.6 is 0 Å². The molecule has 1 saturated heterocycles. The van der Waals surface area contributed by atoms with Crippen LogP contribution < -0.4 is 5.32 Å². The highest BCUT2D eigenvalue weighted by Crippen LogP contribution is 2.20. The third-order valence-corrected chi connectivity index (χ3v) is 5.04. The second-order valence-corrected chi connectivity index (χ2v) is 7.31. The van der Waals surface area contributed by atoms with Crippen molar-refractivity contribution in [1.29, 1.82) is 0 Å². The SMILES string of the molecule is Cc1cc(CC(=O)N2C[C@H](O)C[C@H]2C(=O)NCc2ccc3cccnc3c2)on1. The predicted molar refractivity (Wildman–Crippen MR) is 105 cm³/mol. The Morgan fingerprint density at radius 3 is 2.97 bits per heavy atom. The fraction of sp³-hybridized carbons (Fsp3) is 0.333. The molecule has 1 aliphatic heterocycles. The standard InChI is InChI=1S/C21H22N4O4/c1-13-7-17(29-24-13)10-20(27)25-12-16(26)9-19(25)21(28)23-11-14-4-5-15-3-2-6-22-18(15)8-14/h2-8,16,19,26H,9-12H2,1H3,(H,23,28)/t16-,19+/m1/s1. The largest absolute Gasteiger partial charge is 0.391 e. The number of carbonyl (C=O) groups is 2. The molecule has 3 heterocycles. The van der Waals surface area contributed by atoms with Crippen LogP contribution in [0.5, 0.6) is 0 Å². The zero-order valence-electron chi connectivity index (χ0n) is 16.0. The van der Waals surface area contributed by atoms with Crippen LogP contribution in [-0.4, -0.2) is 50.7 Å². The maximum Gasteiger partial charge on any atom is 0.243 e. The maximum absolute atomic E-state index is 12.7. The number of rotatable bonds is 5. The number of aryl methyl sites for hydroxylation is 1. The van der Waals surface area contributed by atoms with Crippen LogP contribution in [0, 0.1) is 6.92 Å². The zero-order chi connectivity index (χ0) is 20.4. The van der Waals surface area contributed by atoms with Crippen molar-refractivity contribution < 1.29 is 19.2 Å². The highest BCUT2D eigenvalue weighted by Gasteiger charge is 2.38. The first-order chi connectivity index (χ1) is 14.0. The number of pyridine rings is 1. The van der Waals surface area contributed by atoms with Crippen molar-refractivity contribution >= 4 is 22.7 Å². The van der Waals surface area contributed by atoms with Crippen LogP contribution in [0.25, 0.3) is 10.9 Å². The minimum Gasteiger partial charge on any atom is -0.391 e. The Morgan fingerprint density at radius 1 is 1.31 bits per heavy atom. The topological polar surface area (TPSA) is 109 Å². The molecule has 4 rings (SSSR count). The summed E-state index contributed by atoms with van der Waals surface area (Å²) in [5, 5.41) is 17.7. The Bertz CT molecular complexity index is 1050. The van der Waals surface area contributed by atoms with Crippen LogP contribution in [0.3, 0.4) is 0 Å². The molecule has 0 bridgehead atoms. The van der Waals surface area contributed by atoms with E-state index in [4.69, 9.17) is 4.52 Å². The van der Waals surface area contributed by atoms with E-state index in [0.29, 0.717) is 18.0 Å². The highest BCUT2D eigenvalue weighted by atomic mass is 16.5. The molecule has 1 aromatic carbocycles. The van der Waals surface area contributed by atoms with Crippen molar-refractivity contribution in [3.63, 3.8) is 0 Å². The molecular formula is C21H22N4O4. The zero-order valence-corrected chi connectivity index (χ0v) is 16.0. The molecule has 2 amide bonds. The van der Waals surface area contributed by atoms with Gasteiger partial charge in [0.1, 0.15) is 11.8 Å². The number of fused-ring (bicyclic) bond motifs is 1. The third kappa shape index (κ3) is 4.27. The summed E-state index contributed by atoms with van der Waals surface area (Å²) >= 11 is 0. The van der Waals surface area contributed by atoms with Gasteiger partial charge in [0, 0.05) is 37.2 Å². The summed E-state index contributed by atoms with van der Waals surface area (Å²) in [6, 6.07) is 10.6. The number of nitrogens with zero attached hydrogens (tertiary/aromatic N) is 3. The molecule has 0 saturated carbocycles. The molecule has 8 nitrogen and oxygen atoms in total. The lowest BCUT2D eigenvalue weighted by Crippen LogP contribution is -2.46. The first-order valence-electron chi connectivity index (χ1n) is 9.50. The van der Waals surface area contributed by atoms with Crippen LogP contribution in [-0.2, 0) is 22.6 Å². The van der Waals surface area contributed by atoms with E-state index in [1.807, 2.05) is 30.3 Å². The Hall–Kier alpha value is -3.26. The first-order valence-corrected chi connectivity index (χ1v) is 9.50. The van der Waals surface area contributed by atoms with Gasteiger partial charge in [-0.3, -0.25) is 14.6 Å². The van der Waals surface area contributed by atoms with Crippen molar-refractivity contribution in [2.45, 2.75) is 38.5 Å². The fourth-order valence-electron chi connectivity index (χ4n) is 3.62. The first kappa shape index (κ1) is 19.1. The molecule has 2 N–H and O–H groups in total. The van der Waals surface area contributed by atoms with Gasteiger partial charge in [-0.05, 0) is 24.6 Å². The molecule has 3 aromatic rings. The average Bonchev–Trinajstić information content (AvgIpc) is 3.31. The molecule has 29 heavy (non-hydrogen) atoms. The Labute approximate surface area is 167 Å². The van der Waals surface area contributed by atoms with Gasteiger partial charge in [0.05, 0.1) is 23.7 Å². The van der Waals surface area contributed by atoms with Crippen LogP contribution in [0.15, 0.2) is 47.1 Å². The van der Waals surface area contributed by atoms with Gasteiger partial charge in [0.2, 0.25) is 11.8 Å². The van der Waals surface area contributed by atoms with Gasteiger partial charge in [0.25, 0.3) is 0 Å². The Balaban J connectivity index is 1.40. The Morgan fingerprint density at radius 2 is 2.17 bits per heavy atom. The molecule has 1 fully saturated rings. The maximum atomic E-state index is 12.7. The van der Waals surface area contributed by atoms with E-state index in [0.717, 1.165) is 16.5 Å². The van der Waals surface area contributed by atoms with Gasteiger partial charge in [-0.25, -0.2) is 0 Å². The van der Waals surface area contributed by atoms with Crippen molar-refractivity contribution in [1.82, 2.24) is 20.4 Å². The number of benzene rings is 1. The highest BCUT2D eigenvalue weighted by molar-refractivity contribution is 5.89. The summed E-state index contributed by atoms with van der Waals surface area (Å²) in [6.45, 7) is 2.22. The summed E-state index contributed by atoms with van der Waals surface area (Å²) < 4.78 is 5.09. The second-order valence-electron chi connectivity index (χ2n) is 7.31. The van der Waals surface area contributed by atoms with E-state index in [-0.39, 0.29) is 31.2 Å². The van der Waals surface area contributed by atoms with Gasteiger partial charge in [-0.1, -0.05) is 23.4 Å². The van der Waals surface area contributed by atoms with Crippen LogP contribution in [0.2, 0.25) is 0 Å². The minimum atomic E-state index is -0.726.